The maximum absolute atomic E-state index is 14.7. The lowest BCUT2D eigenvalue weighted by Crippen LogP contribution is -2.26. The Labute approximate surface area is 203 Å². The minimum atomic E-state index is -0.535. The van der Waals surface area contributed by atoms with Crippen molar-refractivity contribution in [2.45, 2.75) is 51.3 Å². The highest BCUT2D eigenvalue weighted by Gasteiger charge is 2.26. The van der Waals surface area contributed by atoms with E-state index in [1.807, 2.05) is 23.9 Å². The molecule has 1 amide bonds. The van der Waals surface area contributed by atoms with E-state index in [9.17, 15) is 14.3 Å². The number of amides is 1. The van der Waals surface area contributed by atoms with E-state index in [0.717, 1.165) is 61.0 Å². The molecule has 35 heavy (non-hydrogen) atoms. The summed E-state index contributed by atoms with van der Waals surface area (Å²) < 4.78 is 22.4. The number of aliphatic hydroxyl groups excluding tert-OH is 1. The number of aryl methyl sites for hydroxylation is 1. The van der Waals surface area contributed by atoms with E-state index in [1.165, 1.54) is 6.07 Å². The highest BCUT2D eigenvalue weighted by Crippen LogP contribution is 2.34. The van der Waals surface area contributed by atoms with Crippen LogP contribution in [0.2, 0.25) is 0 Å². The number of nitrogens with one attached hydrogen (secondary N) is 2. The molecule has 3 heterocycles. The lowest BCUT2D eigenvalue weighted by molar-refractivity contribution is -0.0394. The van der Waals surface area contributed by atoms with Crippen molar-refractivity contribution in [1.29, 1.82) is 0 Å². The van der Waals surface area contributed by atoms with Crippen LogP contribution in [0, 0.1) is 12.7 Å². The predicted octanol–water partition coefficient (Wildman–Crippen LogP) is 4.06. The molecular weight excluding hydrogens is 449 g/mol. The van der Waals surface area contributed by atoms with Gasteiger partial charge in [0.2, 0.25) is 0 Å². The number of pyridine rings is 1. The van der Waals surface area contributed by atoms with Crippen LogP contribution in [0.5, 0.6) is 0 Å². The molecule has 9 heteroatoms. The Hall–Kier alpha value is -3.30. The van der Waals surface area contributed by atoms with Gasteiger partial charge < -0.3 is 20.5 Å². The second kappa shape index (κ2) is 10.1. The number of hydrogen-bond acceptors (Lipinski definition) is 6. The lowest BCUT2D eigenvalue weighted by atomic mass is 9.96. The molecule has 1 aliphatic carbocycles. The average Bonchev–Trinajstić information content (AvgIpc) is 3.54. The van der Waals surface area contributed by atoms with Crippen molar-refractivity contribution in [3.8, 4) is 22.3 Å². The van der Waals surface area contributed by atoms with Crippen LogP contribution >= 0.6 is 0 Å². The quantitative estimate of drug-likeness (QED) is 0.451. The molecule has 8 nitrogen and oxygen atoms in total. The summed E-state index contributed by atoms with van der Waals surface area (Å²) in [4.78, 5) is 17.2. The first-order chi connectivity index (χ1) is 17.0. The number of anilines is 1. The summed E-state index contributed by atoms with van der Waals surface area (Å²) in [6.07, 6.45) is 10.2. The van der Waals surface area contributed by atoms with Crippen LogP contribution < -0.4 is 10.6 Å². The molecule has 0 spiro atoms. The number of aromatic nitrogens is 3. The summed E-state index contributed by atoms with van der Waals surface area (Å²) in [5.41, 5.74) is 3.88. The molecule has 2 aromatic heterocycles. The highest BCUT2D eigenvalue weighted by molar-refractivity contribution is 5.96. The van der Waals surface area contributed by atoms with E-state index < -0.39 is 11.7 Å². The normalized spacial score (nSPS) is 17.9. The summed E-state index contributed by atoms with van der Waals surface area (Å²) in [7, 11) is 0. The van der Waals surface area contributed by atoms with Gasteiger partial charge in [-0.15, -0.1) is 0 Å². The van der Waals surface area contributed by atoms with Gasteiger partial charge in [-0.2, -0.15) is 5.10 Å². The van der Waals surface area contributed by atoms with E-state index in [-0.39, 0.29) is 24.4 Å². The monoisotopic (exact) mass is 479 g/mol. The number of rotatable bonds is 8. The number of benzene rings is 1. The van der Waals surface area contributed by atoms with Crippen LogP contribution in [-0.2, 0) is 4.74 Å². The Morgan fingerprint density at radius 2 is 2.03 bits per heavy atom. The molecular formula is C26H30FN5O3. The molecule has 0 bridgehead atoms. The highest BCUT2D eigenvalue weighted by atomic mass is 19.1. The molecule has 5 rings (SSSR count). The van der Waals surface area contributed by atoms with Crippen LogP contribution in [0.1, 0.15) is 54.3 Å². The maximum Gasteiger partial charge on any atom is 0.254 e. The van der Waals surface area contributed by atoms with Crippen molar-refractivity contribution in [2.75, 3.05) is 25.1 Å². The van der Waals surface area contributed by atoms with Gasteiger partial charge in [-0.3, -0.25) is 4.79 Å². The second-order valence-electron chi connectivity index (χ2n) is 9.20. The van der Waals surface area contributed by atoms with Gasteiger partial charge in [-0.1, -0.05) is 0 Å². The largest absolute Gasteiger partial charge is 0.395 e. The van der Waals surface area contributed by atoms with Gasteiger partial charge in [0.15, 0.2) is 0 Å². The van der Waals surface area contributed by atoms with E-state index in [4.69, 9.17) is 4.74 Å². The zero-order valence-corrected chi connectivity index (χ0v) is 19.8. The fourth-order valence-corrected chi connectivity index (χ4v) is 4.36. The van der Waals surface area contributed by atoms with Gasteiger partial charge in [-0.05, 0) is 68.4 Å². The minimum Gasteiger partial charge on any atom is -0.395 e. The number of carbonyl (C=O) groups excluding carboxylic acids is 1. The summed E-state index contributed by atoms with van der Waals surface area (Å²) >= 11 is 0. The van der Waals surface area contributed by atoms with E-state index in [2.05, 4.69) is 20.7 Å². The number of nitrogens with zero attached hydrogens (tertiary/aromatic N) is 3. The Bertz CT molecular complexity index is 1220. The predicted molar refractivity (Wildman–Crippen MR) is 130 cm³/mol. The lowest BCUT2D eigenvalue weighted by Gasteiger charge is -2.22. The smallest absolute Gasteiger partial charge is 0.254 e. The van der Waals surface area contributed by atoms with E-state index in [1.54, 1.807) is 18.5 Å². The Kier molecular flexibility index (Phi) is 6.79. The van der Waals surface area contributed by atoms with Gasteiger partial charge in [0.25, 0.3) is 5.91 Å². The number of halogens is 1. The summed E-state index contributed by atoms with van der Waals surface area (Å²) in [5, 5.41) is 19.9. The first-order valence-electron chi connectivity index (χ1n) is 12.2. The summed E-state index contributed by atoms with van der Waals surface area (Å²) in [6, 6.07) is 5.09. The van der Waals surface area contributed by atoms with Gasteiger partial charge in [-0.25, -0.2) is 14.1 Å². The molecule has 2 aliphatic rings. The molecule has 2 fully saturated rings. The first kappa shape index (κ1) is 23.4. The summed E-state index contributed by atoms with van der Waals surface area (Å²) in [6.45, 7) is 2.85. The SMILES string of the molecule is Cc1cc(F)c(C(=O)NC2CC2)cc1-c1cnc(NCCO)c(-c2cnn(C3CCCCO3)c2)c1. The average molecular weight is 480 g/mol. The summed E-state index contributed by atoms with van der Waals surface area (Å²) in [5.74, 6) is -0.319. The van der Waals surface area contributed by atoms with Crippen molar-refractivity contribution in [3.63, 3.8) is 0 Å². The standard InChI is InChI=1S/C26H30FN5O3/c1-16-10-23(27)22(26(34)31-19-5-6-19)12-20(16)17-11-21(25(29-13-17)28-7-8-33)18-14-30-32(15-18)24-4-2-3-9-35-24/h10-15,19,24,33H,2-9H2,1H3,(H,28,29)(H,31,34). The van der Waals surface area contributed by atoms with Crippen LogP contribution in [-0.4, -0.2) is 51.6 Å². The number of ether oxygens (including phenoxy) is 1. The fourth-order valence-electron chi connectivity index (χ4n) is 4.36. The molecule has 184 valence electrons. The van der Waals surface area contributed by atoms with Gasteiger partial charge in [0.05, 0.1) is 18.4 Å². The molecule has 1 aromatic carbocycles. The number of carbonyl (C=O) groups is 1. The Morgan fingerprint density at radius 1 is 1.17 bits per heavy atom. The first-order valence-corrected chi connectivity index (χ1v) is 12.2. The molecule has 0 radical (unpaired) electrons. The third kappa shape index (κ3) is 5.21. The van der Waals surface area contributed by atoms with Crippen molar-refractivity contribution in [2.24, 2.45) is 0 Å². The number of hydrogen-bond donors (Lipinski definition) is 3. The van der Waals surface area contributed by atoms with Crippen molar-refractivity contribution in [3.05, 3.63) is 53.7 Å². The van der Waals surface area contributed by atoms with Crippen LogP contribution in [0.15, 0.2) is 36.8 Å². The van der Waals surface area contributed by atoms with Crippen LogP contribution in [0.4, 0.5) is 10.2 Å². The van der Waals surface area contributed by atoms with E-state index in [0.29, 0.717) is 17.9 Å². The van der Waals surface area contributed by atoms with Gasteiger partial charge in [0.1, 0.15) is 17.9 Å². The molecule has 1 saturated carbocycles. The molecule has 1 atom stereocenters. The van der Waals surface area contributed by atoms with Crippen molar-refractivity contribution >= 4 is 11.7 Å². The van der Waals surface area contributed by atoms with Crippen molar-refractivity contribution in [1.82, 2.24) is 20.1 Å². The minimum absolute atomic E-state index is 0.0313. The third-order valence-electron chi connectivity index (χ3n) is 6.44. The van der Waals surface area contributed by atoms with E-state index >= 15 is 0 Å². The molecule has 3 aromatic rings. The van der Waals surface area contributed by atoms with Crippen molar-refractivity contribution < 1.29 is 19.0 Å². The van der Waals surface area contributed by atoms with Gasteiger partial charge >= 0.3 is 0 Å². The zero-order valence-electron chi connectivity index (χ0n) is 19.8. The zero-order chi connectivity index (χ0) is 24.4. The Balaban J connectivity index is 1.52. The fraction of sp³-hybridized carbons (Fsp3) is 0.423. The molecule has 1 saturated heterocycles. The molecule has 1 aliphatic heterocycles. The topological polar surface area (TPSA) is 101 Å². The van der Waals surface area contributed by atoms with Gasteiger partial charge in [0, 0.05) is 48.3 Å². The molecule has 1 unspecified atom stereocenters. The maximum atomic E-state index is 14.7. The number of aliphatic hydroxyl groups is 1. The molecule has 3 N–H and O–H groups in total. The van der Waals surface area contributed by atoms with Crippen LogP contribution in [0.3, 0.4) is 0 Å². The van der Waals surface area contributed by atoms with Crippen LogP contribution in [0.25, 0.3) is 22.3 Å². The second-order valence-corrected chi connectivity index (χ2v) is 9.20. The third-order valence-corrected chi connectivity index (χ3v) is 6.44. The Morgan fingerprint density at radius 3 is 2.77 bits per heavy atom.